The van der Waals surface area contributed by atoms with E-state index >= 15 is 0 Å². The van der Waals surface area contributed by atoms with Crippen LogP contribution in [0.5, 0.6) is 5.75 Å². The Bertz CT molecular complexity index is 1090. The number of hydrogen-bond acceptors (Lipinski definition) is 3. The van der Waals surface area contributed by atoms with Gasteiger partial charge in [-0.15, -0.1) is 0 Å². The summed E-state index contributed by atoms with van der Waals surface area (Å²) in [4.78, 5) is 0.165. The third kappa shape index (κ3) is 5.52. The number of alkyl halides is 2. The lowest BCUT2D eigenvalue weighted by Gasteiger charge is -2.17. The van der Waals surface area contributed by atoms with E-state index < -0.39 is 6.61 Å². The number of nitrogens with zero attached hydrogens (tertiary/aromatic N) is 1. The van der Waals surface area contributed by atoms with E-state index in [1.807, 2.05) is 13.0 Å². The molecule has 0 aliphatic carbocycles. The van der Waals surface area contributed by atoms with Crippen molar-refractivity contribution in [2.24, 2.45) is 0 Å². The fraction of sp³-hybridized carbons (Fsp3) is 0.0909. The monoisotopic (exact) mass is 446 g/mol. The standard InChI is InChI=1S/C22H17ClF2N2O2S/c1-14-4-3-11-27(13-14)19(20(28)15-5-2-6-16(23)12-15)21(30)26-17-7-9-18(10-8-17)29-22(24)25/h2-13,22H,1H3,(H-,26,28,30). The lowest BCUT2D eigenvalue weighted by Crippen LogP contribution is -2.40. The predicted octanol–water partition coefficient (Wildman–Crippen LogP) is 4.66. The summed E-state index contributed by atoms with van der Waals surface area (Å²) in [7, 11) is 0. The quantitative estimate of drug-likeness (QED) is 0.259. The summed E-state index contributed by atoms with van der Waals surface area (Å²) in [5.74, 6) is -0.294. The van der Waals surface area contributed by atoms with Gasteiger partial charge in [-0.2, -0.15) is 13.3 Å². The molecule has 0 unspecified atom stereocenters. The Morgan fingerprint density at radius 1 is 1.13 bits per heavy atom. The number of hydrogen-bond donors (Lipinski definition) is 1. The highest BCUT2D eigenvalue weighted by Gasteiger charge is 2.19. The maximum absolute atomic E-state index is 13.3. The first-order valence-corrected chi connectivity index (χ1v) is 9.64. The maximum atomic E-state index is 13.3. The summed E-state index contributed by atoms with van der Waals surface area (Å²) < 4.78 is 30.6. The molecule has 0 fully saturated rings. The molecule has 0 saturated heterocycles. The van der Waals surface area contributed by atoms with Gasteiger partial charge in [0.05, 0.1) is 0 Å². The second-order valence-corrected chi connectivity index (χ2v) is 7.18. The van der Waals surface area contributed by atoms with E-state index in [1.165, 1.54) is 24.3 Å². The molecule has 0 saturated carbocycles. The number of ether oxygens (including phenoxy) is 1. The van der Waals surface area contributed by atoms with Gasteiger partial charge in [0, 0.05) is 22.3 Å². The first kappa shape index (κ1) is 21.7. The van der Waals surface area contributed by atoms with Gasteiger partial charge in [-0.1, -0.05) is 36.0 Å². The lowest BCUT2D eigenvalue weighted by molar-refractivity contribution is -0.578. The molecule has 3 rings (SSSR count). The van der Waals surface area contributed by atoms with Crippen LogP contribution in [0.2, 0.25) is 5.02 Å². The van der Waals surface area contributed by atoms with E-state index in [4.69, 9.17) is 23.8 Å². The first-order chi connectivity index (χ1) is 14.3. The van der Waals surface area contributed by atoms with Crippen molar-refractivity contribution in [2.45, 2.75) is 13.5 Å². The van der Waals surface area contributed by atoms with E-state index in [0.717, 1.165) is 5.56 Å². The number of anilines is 1. The fourth-order valence-corrected chi connectivity index (χ4v) is 3.25. The molecule has 4 nitrogen and oxygen atoms in total. The number of halogens is 3. The smallest absolute Gasteiger partial charge is 0.387 e. The molecule has 1 aromatic heterocycles. The van der Waals surface area contributed by atoms with Crippen molar-refractivity contribution in [3.05, 3.63) is 89.2 Å². The molecule has 1 heterocycles. The molecule has 8 heteroatoms. The molecule has 0 aliphatic heterocycles. The fourth-order valence-electron chi connectivity index (χ4n) is 2.75. The topological polar surface area (TPSA) is 48.2 Å². The van der Waals surface area contributed by atoms with Crippen molar-refractivity contribution in [1.82, 2.24) is 0 Å². The first-order valence-electron chi connectivity index (χ1n) is 8.85. The highest BCUT2D eigenvalue weighted by molar-refractivity contribution is 7.81. The number of pyridine rings is 1. The Kier molecular flexibility index (Phi) is 6.97. The van der Waals surface area contributed by atoms with Crippen molar-refractivity contribution in [3.8, 4) is 5.75 Å². The number of nitrogens with one attached hydrogen (secondary N) is 1. The Hall–Kier alpha value is -3.03. The molecule has 0 amide bonds. The van der Waals surface area contributed by atoms with Crippen molar-refractivity contribution in [2.75, 3.05) is 5.32 Å². The number of aromatic nitrogens is 1. The molecule has 3 aromatic rings. The summed E-state index contributed by atoms with van der Waals surface area (Å²) in [6.07, 6.45) is 3.50. The molecule has 0 aliphatic rings. The molecule has 154 valence electrons. The molecule has 2 aromatic carbocycles. The normalized spacial score (nSPS) is 11.8. The van der Waals surface area contributed by atoms with Gasteiger partial charge in [-0.25, -0.2) is 0 Å². The van der Waals surface area contributed by atoms with Crippen LogP contribution in [-0.2, 0) is 0 Å². The van der Waals surface area contributed by atoms with E-state index in [-0.39, 0.29) is 22.2 Å². The van der Waals surface area contributed by atoms with Crippen molar-refractivity contribution < 1.29 is 23.2 Å². The molecular formula is C22H17ClF2N2O2S. The highest BCUT2D eigenvalue weighted by Crippen LogP contribution is 2.22. The largest absolute Gasteiger partial charge is 0.867 e. The van der Waals surface area contributed by atoms with E-state index in [2.05, 4.69) is 10.1 Å². The third-order valence-corrected chi connectivity index (χ3v) is 4.59. The van der Waals surface area contributed by atoms with Crippen LogP contribution in [0, 0.1) is 6.92 Å². The van der Waals surface area contributed by atoms with E-state index in [1.54, 1.807) is 47.3 Å². The van der Waals surface area contributed by atoms with Crippen LogP contribution in [0.1, 0.15) is 11.1 Å². The molecule has 0 atom stereocenters. The van der Waals surface area contributed by atoms with Crippen LogP contribution in [0.25, 0.3) is 11.5 Å². The molecular weight excluding hydrogens is 430 g/mol. The van der Waals surface area contributed by atoms with Gasteiger partial charge in [-0.05, 0) is 60.7 Å². The molecule has 0 bridgehead atoms. The minimum Gasteiger partial charge on any atom is -0.867 e. The maximum Gasteiger partial charge on any atom is 0.387 e. The lowest BCUT2D eigenvalue weighted by atomic mass is 10.1. The molecule has 1 N–H and O–H groups in total. The van der Waals surface area contributed by atoms with Crippen LogP contribution in [0.3, 0.4) is 0 Å². The van der Waals surface area contributed by atoms with Crippen molar-refractivity contribution >= 4 is 46.0 Å². The van der Waals surface area contributed by atoms with Gasteiger partial charge < -0.3 is 15.2 Å². The minimum absolute atomic E-state index is 0.0220. The van der Waals surface area contributed by atoms with Gasteiger partial charge in [0.1, 0.15) is 5.75 Å². The van der Waals surface area contributed by atoms with Crippen LogP contribution in [0.15, 0.2) is 73.1 Å². The second kappa shape index (κ2) is 9.65. The average Bonchev–Trinajstić information content (AvgIpc) is 2.69. The summed E-state index contributed by atoms with van der Waals surface area (Å²) in [6.45, 7) is -1.01. The Balaban J connectivity index is 1.98. The third-order valence-electron chi connectivity index (χ3n) is 4.06. The zero-order chi connectivity index (χ0) is 21.7. The number of thiocarbonyl (C=S) groups is 1. The SMILES string of the molecule is Cc1ccc[n+](C(C(=S)Nc2ccc(OC(F)F)cc2)=C([O-])c2cccc(Cl)c2)c1. The predicted molar refractivity (Wildman–Crippen MR) is 115 cm³/mol. The number of benzene rings is 2. The average molecular weight is 447 g/mol. The summed E-state index contributed by atoms with van der Waals surface area (Å²) >= 11 is 11.6. The molecule has 0 radical (unpaired) electrons. The zero-order valence-electron chi connectivity index (χ0n) is 15.8. The van der Waals surface area contributed by atoms with Gasteiger partial charge in [0.2, 0.25) is 5.70 Å². The zero-order valence-corrected chi connectivity index (χ0v) is 17.4. The van der Waals surface area contributed by atoms with Crippen LogP contribution >= 0.6 is 23.8 Å². The van der Waals surface area contributed by atoms with Crippen LogP contribution in [0.4, 0.5) is 14.5 Å². The van der Waals surface area contributed by atoms with Gasteiger partial charge in [0.25, 0.3) is 0 Å². The summed E-state index contributed by atoms with van der Waals surface area (Å²) in [5.41, 5.74) is 2.07. The Morgan fingerprint density at radius 2 is 1.87 bits per heavy atom. The van der Waals surface area contributed by atoms with E-state index in [0.29, 0.717) is 16.3 Å². The van der Waals surface area contributed by atoms with Crippen molar-refractivity contribution in [1.29, 1.82) is 0 Å². The summed E-state index contributed by atoms with van der Waals surface area (Å²) in [6, 6.07) is 16.1. The van der Waals surface area contributed by atoms with E-state index in [9.17, 15) is 13.9 Å². The van der Waals surface area contributed by atoms with Gasteiger partial charge >= 0.3 is 6.61 Å². The van der Waals surface area contributed by atoms with Crippen LogP contribution < -0.4 is 19.7 Å². The molecule has 30 heavy (non-hydrogen) atoms. The highest BCUT2D eigenvalue weighted by atomic mass is 35.5. The number of aryl methyl sites for hydroxylation is 1. The number of rotatable bonds is 6. The van der Waals surface area contributed by atoms with Gasteiger partial charge in [0.15, 0.2) is 17.4 Å². The minimum atomic E-state index is -2.90. The second-order valence-electron chi connectivity index (χ2n) is 6.33. The van der Waals surface area contributed by atoms with Crippen LogP contribution in [-0.4, -0.2) is 11.6 Å². The Labute approximate surface area is 183 Å². The molecule has 0 spiro atoms. The Morgan fingerprint density at radius 3 is 2.50 bits per heavy atom. The summed E-state index contributed by atoms with van der Waals surface area (Å²) in [5, 5.41) is 16.7. The van der Waals surface area contributed by atoms with Crippen molar-refractivity contribution in [3.63, 3.8) is 0 Å². The van der Waals surface area contributed by atoms with Gasteiger partial charge in [-0.3, -0.25) is 0 Å².